The summed E-state index contributed by atoms with van der Waals surface area (Å²) in [6, 6.07) is 11.6. The number of carbonyl (C=O) groups excluding carboxylic acids is 1. The molecule has 1 amide bonds. The van der Waals surface area contributed by atoms with Crippen molar-refractivity contribution in [2.24, 2.45) is 11.8 Å². The second kappa shape index (κ2) is 15.7. The van der Waals surface area contributed by atoms with Gasteiger partial charge in [-0.3, -0.25) is 9.69 Å². The molecule has 3 aliphatic heterocycles. The van der Waals surface area contributed by atoms with E-state index in [4.69, 9.17) is 30.5 Å². The van der Waals surface area contributed by atoms with Gasteiger partial charge in [0.25, 0.3) is 5.91 Å². The summed E-state index contributed by atoms with van der Waals surface area (Å²) in [4.78, 5) is 18.5. The largest absolute Gasteiger partial charge is 0.490 e. The lowest BCUT2D eigenvalue weighted by Gasteiger charge is -2.46. The van der Waals surface area contributed by atoms with Crippen LogP contribution in [0.25, 0.3) is 0 Å². The Labute approximate surface area is 307 Å². The third kappa shape index (κ3) is 7.85. The first kappa shape index (κ1) is 36.7. The third-order valence-electron chi connectivity index (χ3n) is 11.9. The van der Waals surface area contributed by atoms with Gasteiger partial charge in [-0.25, -0.2) is 13.1 Å². The molecule has 2 aromatic rings. The maximum Gasteiger partial charge on any atom is 0.264 e. The molecule has 3 heterocycles. The van der Waals surface area contributed by atoms with Crippen LogP contribution in [0.3, 0.4) is 0 Å². The lowest BCUT2D eigenvalue weighted by molar-refractivity contribution is -0.0315. The van der Waals surface area contributed by atoms with E-state index < -0.39 is 27.3 Å². The summed E-state index contributed by atoms with van der Waals surface area (Å²) in [6.07, 6.45) is 9.19. The topological polar surface area (TPSA) is 107 Å². The van der Waals surface area contributed by atoms with E-state index in [1.165, 1.54) is 18.2 Å². The zero-order valence-corrected chi connectivity index (χ0v) is 31.4. The number of nitrogens with zero attached hydrogens (tertiary/aromatic N) is 2. The zero-order chi connectivity index (χ0) is 35.6. The summed E-state index contributed by atoms with van der Waals surface area (Å²) >= 11 is 6.47. The van der Waals surface area contributed by atoms with Crippen LogP contribution in [0.5, 0.6) is 5.75 Å². The van der Waals surface area contributed by atoms with Crippen molar-refractivity contribution in [3.05, 3.63) is 70.3 Å². The van der Waals surface area contributed by atoms with Crippen molar-refractivity contribution in [1.82, 2.24) is 9.62 Å². The second-order valence-electron chi connectivity index (χ2n) is 14.9. The van der Waals surface area contributed by atoms with Gasteiger partial charge in [-0.2, -0.15) is 0 Å². The van der Waals surface area contributed by atoms with E-state index in [0.29, 0.717) is 44.3 Å². The summed E-state index contributed by atoms with van der Waals surface area (Å²) in [7, 11) is -2.54. The molecule has 7 rings (SSSR count). The van der Waals surface area contributed by atoms with Crippen LogP contribution in [0, 0.1) is 11.8 Å². The molecule has 6 unspecified atom stereocenters. The Balaban J connectivity index is 1.25. The van der Waals surface area contributed by atoms with Crippen molar-refractivity contribution in [3.8, 4) is 5.75 Å². The molecule has 1 spiro atoms. The molecule has 2 aromatic carbocycles. The smallest absolute Gasteiger partial charge is 0.264 e. The van der Waals surface area contributed by atoms with Crippen molar-refractivity contribution < 1.29 is 32.2 Å². The van der Waals surface area contributed by atoms with Crippen LogP contribution in [0.1, 0.15) is 66.9 Å². The monoisotopic (exact) mass is 741 g/mol. The summed E-state index contributed by atoms with van der Waals surface area (Å²) in [5.41, 5.74) is 3.38. The highest BCUT2D eigenvalue weighted by atomic mass is 35.5. The average Bonchev–Trinajstić information content (AvgIpc) is 3.26. The number of hydrogen-bond acceptors (Lipinski definition) is 9. The van der Waals surface area contributed by atoms with Gasteiger partial charge in [-0.1, -0.05) is 36.7 Å². The predicted molar refractivity (Wildman–Crippen MR) is 198 cm³/mol. The van der Waals surface area contributed by atoms with Crippen LogP contribution >= 0.6 is 11.6 Å². The number of benzene rings is 2. The normalized spacial score (nSPS) is 31.7. The van der Waals surface area contributed by atoms with Crippen LogP contribution in [-0.2, 0) is 36.1 Å². The van der Waals surface area contributed by atoms with Crippen LogP contribution in [0.2, 0.25) is 5.02 Å². The number of hydrogen-bond donors (Lipinski definition) is 1. The predicted octanol–water partition coefficient (Wildman–Crippen LogP) is 5.37. The standard InChI is InChI=1S/C39H52ClN3O7S/c1-3-37-36(47-2)8-4-7-34(49-21-18-42-16-19-48-20-17-42)31-12-9-29(31)24-43-25-39(15-5-6-27-22-30(40)11-13-32(27)39)26-50-35-14-10-28(23-33(35)43)38(44)41-51(37,45)46/h4,7,10-11,13-14,22-23,29,31,34,36-37H,3,5-6,8-9,12,15-21,24-26H2,1-2H3,(H,41,44)/b7-4+. The Kier molecular flexibility index (Phi) is 11.3. The number of sulfonamides is 1. The van der Waals surface area contributed by atoms with Crippen molar-refractivity contribution in [3.63, 3.8) is 0 Å². The molecule has 51 heavy (non-hydrogen) atoms. The van der Waals surface area contributed by atoms with E-state index in [0.717, 1.165) is 82.2 Å². The van der Waals surface area contributed by atoms with Gasteiger partial charge in [-0.05, 0) is 98.2 Å². The molecule has 10 nitrogen and oxygen atoms in total. The number of methoxy groups -OCH3 is 1. The van der Waals surface area contributed by atoms with Gasteiger partial charge >= 0.3 is 0 Å². The summed E-state index contributed by atoms with van der Waals surface area (Å²) in [5.74, 6) is 0.693. The summed E-state index contributed by atoms with van der Waals surface area (Å²) < 4.78 is 54.5. The zero-order valence-electron chi connectivity index (χ0n) is 29.9. The van der Waals surface area contributed by atoms with Crippen LogP contribution in [0.15, 0.2) is 48.6 Å². The van der Waals surface area contributed by atoms with E-state index >= 15 is 0 Å². The maximum absolute atomic E-state index is 13.7. The van der Waals surface area contributed by atoms with Crippen LogP contribution in [-0.4, -0.2) is 103 Å². The van der Waals surface area contributed by atoms with Crippen molar-refractivity contribution in [2.45, 2.75) is 74.7 Å². The first-order chi connectivity index (χ1) is 24.7. The van der Waals surface area contributed by atoms with Crippen LogP contribution < -0.4 is 14.4 Å². The van der Waals surface area contributed by atoms with Gasteiger partial charge in [0.15, 0.2) is 0 Å². The minimum atomic E-state index is -4.07. The minimum absolute atomic E-state index is 0.118. The van der Waals surface area contributed by atoms with Gasteiger partial charge in [0.1, 0.15) is 11.0 Å². The number of morpholine rings is 1. The number of ether oxygens (including phenoxy) is 4. The SMILES string of the molecule is CCC1C(OC)C/C=C/C(OCCN2CCOCC2)C2CCC2CN2CC3(CCCc4cc(Cl)ccc43)COc3ccc(cc32)C(=O)NS1(=O)=O. The van der Waals surface area contributed by atoms with E-state index in [1.54, 1.807) is 6.07 Å². The molecule has 5 aliphatic rings. The molecular formula is C39H52ClN3O7S. The minimum Gasteiger partial charge on any atom is -0.490 e. The van der Waals surface area contributed by atoms with E-state index in [-0.39, 0.29) is 23.0 Å². The number of nitrogens with one attached hydrogen (secondary N) is 1. The number of rotatable bonds is 6. The highest BCUT2D eigenvalue weighted by Crippen LogP contribution is 2.47. The fraction of sp³-hybridized carbons (Fsp3) is 0.615. The quantitative estimate of drug-likeness (QED) is 0.392. The molecule has 0 radical (unpaired) electrons. The van der Waals surface area contributed by atoms with E-state index in [1.807, 2.05) is 31.2 Å². The lowest BCUT2D eigenvalue weighted by Crippen LogP contribution is -2.50. The highest BCUT2D eigenvalue weighted by Gasteiger charge is 2.45. The molecule has 1 saturated carbocycles. The van der Waals surface area contributed by atoms with Gasteiger partial charge in [0, 0.05) is 55.8 Å². The summed E-state index contributed by atoms with van der Waals surface area (Å²) in [5, 5.41) is -0.173. The molecule has 12 heteroatoms. The highest BCUT2D eigenvalue weighted by molar-refractivity contribution is 7.90. The van der Waals surface area contributed by atoms with Crippen molar-refractivity contribution >= 4 is 33.2 Å². The average molecular weight is 742 g/mol. The van der Waals surface area contributed by atoms with Crippen molar-refractivity contribution in [2.75, 3.05) is 71.2 Å². The third-order valence-corrected chi connectivity index (χ3v) is 14.1. The number of halogens is 1. The Morgan fingerprint density at radius 1 is 1.12 bits per heavy atom. The summed E-state index contributed by atoms with van der Waals surface area (Å²) in [6.45, 7) is 8.55. The Hall–Kier alpha value is -2.67. The Bertz CT molecular complexity index is 1700. The molecule has 1 N–H and O–H groups in total. The van der Waals surface area contributed by atoms with Crippen molar-refractivity contribution in [1.29, 1.82) is 0 Å². The van der Waals surface area contributed by atoms with Gasteiger partial charge in [0.05, 0.1) is 44.3 Å². The molecule has 6 atom stereocenters. The number of anilines is 1. The van der Waals surface area contributed by atoms with Gasteiger partial charge in [0.2, 0.25) is 10.0 Å². The molecule has 1 saturated heterocycles. The molecular weight excluding hydrogens is 690 g/mol. The van der Waals surface area contributed by atoms with Gasteiger partial charge < -0.3 is 23.8 Å². The van der Waals surface area contributed by atoms with Gasteiger partial charge in [-0.15, -0.1) is 0 Å². The first-order valence-corrected chi connectivity index (χ1v) is 20.6. The number of amides is 1. The molecule has 2 bridgehead atoms. The number of fused-ring (bicyclic) bond motifs is 4. The number of aryl methyl sites for hydroxylation is 1. The Morgan fingerprint density at radius 3 is 2.73 bits per heavy atom. The fourth-order valence-corrected chi connectivity index (χ4v) is 10.7. The second-order valence-corrected chi connectivity index (χ2v) is 17.3. The fourth-order valence-electron chi connectivity index (χ4n) is 8.95. The van der Waals surface area contributed by atoms with Crippen LogP contribution in [0.4, 0.5) is 5.69 Å². The molecule has 278 valence electrons. The lowest BCUT2D eigenvalue weighted by atomic mass is 9.68. The van der Waals surface area contributed by atoms with E-state index in [2.05, 4.69) is 32.7 Å². The Morgan fingerprint density at radius 2 is 1.96 bits per heavy atom. The maximum atomic E-state index is 13.7. The molecule has 2 fully saturated rings. The molecule has 2 aliphatic carbocycles. The molecule has 0 aromatic heterocycles. The number of carbonyl (C=O) groups is 1. The van der Waals surface area contributed by atoms with E-state index in [9.17, 15) is 13.2 Å². The first-order valence-electron chi connectivity index (χ1n) is 18.7.